The topological polar surface area (TPSA) is 85.8 Å². The predicted octanol–water partition coefficient (Wildman–Crippen LogP) is 0.997. The van der Waals surface area contributed by atoms with Crippen molar-refractivity contribution < 1.29 is 22.7 Å². The molecule has 0 aliphatic heterocycles. The van der Waals surface area contributed by atoms with Gasteiger partial charge in [-0.25, -0.2) is 13.4 Å². The van der Waals surface area contributed by atoms with Crippen molar-refractivity contribution in [1.29, 1.82) is 0 Å². The van der Waals surface area contributed by atoms with Crippen LogP contribution in [0.2, 0.25) is 4.47 Å². The number of carbonyl (C=O) groups excluding carboxylic acids is 1. The number of methoxy groups -OCH3 is 2. The monoisotopic (exact) mass is 342 g/mol. The summed E-state index contributed by atoms with van der Waals surface area (Å²) in [6.45, 7) is 0.353. The maximum Gasteiger partial charge on any atom is 0.306 e. The van der Waals surface area contributed by atoms with Gasteiger partial charge in [-0.15, -0.1) is 0 Å². The summed E-state index contributed by atoms with van der Waals surface area (Å²) in [7, 11) is -1.02. The molecule has 10 heteroatoms. The molecule has 0 N–H and O–H groups in total. The summed E-state index contributed by atoms with van der Waals surface area (Å²) < 4.78 is 35.5. The van der Waals surface area contributed by atoms with Crippen molar-refractivity contribution in [3.8, 4) is 0 Å². The third-order valence-electron chi connectivity index (χ3n) is 2.39. The number of aromatic nitrogens is 1. The molecule has 0 saturated heterocycles. The fourth-order valence-electron chi connectivity index (χ4n) is 1.35. The molecule has 0 unspecified atom stereocenters. The van der Waals surface area contributed by atoms with Crippen LogP contribution in [0.3, 0.4) is 0 Å². The highest BCUT2D eigenvalue weighted by atomic mass is 35.5. The van der Waals surface area contributed by atoms with Crippen LogP contribution in [-0.2, 0) is 24.3 Å². The number of ether oxygens (including phenoxy) is 2. The second-order valence-electron chi connectivity index (χ2n) is 3.66. The first-order chi connectivity index (χ1) is 9.41. The molecule has 1 rings (SSSR count). The first-order valence-corrected chi connectivity index (χ1v) is 8.22. The normalized spacial score (nSPS) is 11.8. The zero-order valence-corrected chi connectivity index (χ0v) is 13.4. The molecule has 0 aliphatic carbocycles. The maximum absolute atomic E-state index is 12.4. The lowest BCUT2D eigenvalue weighted by Crippen LogP contribution is -2.35. The van der Waals surface area contributed by atoms with Crippen molar-refractivity contribution >= 4 is 38.9 Å². The first kappa shape index (κ1) is 17.3. The van der Waals surface area contributed by atoms with Crippen LogP contribution >= 0.6 is 22.9 Å². The van der Waals surface area contributed by atoms with Gasteiger partial charge in [-0.05, 0) is 0 Å². The van der Waals surface area contributed by atoms with E-state index in [4.69, 9.17) is 16.3 Å². The van der Waals surface area contributed by atoms with E-state index in [0.717, 1.165) is 15.6 Å². The Morgan fingerprint density at radius 1 is 1.45 bits per heavy atom. The molecule has 1 aromatic rings. The Morgan fingerprint density at radius 2 is 2.15 bits per heavy atom. The first-order valence-electron chi connectivity index (χ1n) is 5.59. The molecule has 0 radical (unpaired) electrons. The van der Waals surface area contributed by atoms with E-state index in [2.05, 4.69) is 9.72 Å². The molecule has 0 saturated carbocycles. The molecule has 0 aliphatic rings. The lowest BCUT2D eigenvalue weighted by molar-refractivity contribution is -0.140. The summed E-state index contributed by atoms with van der Waals surface area (Å²) in [6, 6.07) is 0. The van der Waals surface area contributed by atoms with Crippen molar-refractivity contribution in [2.75, 3.05) is 33.9 Å². The van der Waals surface area contributed by atoms with Crippen LogP contribution in [-0.4, -0.2) is 57.6 Å². The number of hydrogen-bond acceptors (Lipinski definition) is 7. The number of hydrogen-bond donors (Lipinski definition) is 0. The summed E-state index contributed by atoms with van der Waals surface area (Å²) in [4.78, 5) is 14.9. The van der Waals surface area contributed by atoms with Gasteiger partial charge >= 0.3 is 5.97 Å². The molecule has 20 heavy (non-hydrogen) atoms. The number of esters is 1. The fraction of sp³-hybridized carbons (Fsp3) is 0.600. The molecule has 0 fully saturated rings. The van der Waals surface area contributed by atoms with Gasteiger partial charge in [-0.2, -0.15) is 4.31 Å². The zero-order chi connectivity index (χ0) is 15.2. The Kier molecular flexibility index (Phi) is 6.83. The van der Waals surface area contributed by atoms with Crippen LogP contribution in [0.25, 0.3) is 0 Å². The summed E-state index contributed by atoms with van der Waals surface area (Å²) >= 11 is 6.52. The van der Waals surface area contributed by atoms with Gasteiger partial charge in [-0.3, -0.25) is 4.79 Å². The fourth-order valence-corrected chi connectivity index (χ4v) is 4.22. The van der Waals surface area contributed by atoms with Crippen LogP contribution in [0.4, 0.5) is 0 Å². The van der Waals surface area contributed by atoms with Gasteiger partial charge in [-0.1, -0.05) is 22.9 Å². The van der Waals surface area contributed by atoms with E-state index in [1.807, 2.05) is 0 Å². The van der Waals surface area contributed by atoms with Crippen molar-refractivity contribution in [3.63, 3.8) is 0 Å². The molecule has 0 spiro atoms. The van der Waals surface area contributed by atoms with Crippen LogP contribution in [0.15, 0.2) is 10.4 Å². The standard InChI is InChI=1S/C10H15ClN2O5S2/c1-17-6-5-13(4-3-8(14)18-2)20(15,16)9-7-12-10(11)19-9/h7H,3-6H2,1-2H3. The Morgan fingerprint density at radius 3 is 2.65 bits per heavy atom. The third-order valence-corrected chi connectivity index (χ3v) is 5.84. The van der Waals surface area contributed by atoms with Gasteiger partial charge in [0.05, 0.1) is 26.3 Å². The van der Waals surface area contributed by atoms with Crippen LogP contribution in [0.5, 0.6) is 0 Å². The third kappa shape index (κ3) is 4.67. The molecule has 114 valence electrons. The summed E-state index contributed by atoms with van der Waals surface area (Å²) in [5, 5.41) is 0. The molecule has 1 aromatic heterocycles. The maximum atomic E-state index is 12.4. The SMILES string of the molecule is COCCN(CCC(=O)OC)S(=O)(=O)c1cnc(Cl)s1. The number of carbonyl (C=O) groups is 1. The highest BCUT2D eigenvalue weighted by molar-refractivity contribution is 7.91. The van der Waals surface area contributed by atoms with E-state index < -0.39 is 16.0 Å². The minimum atomic E-state index is -3.74. The van der Waals surface area contributed by atoms with E-state index >= 15 is 0 Å². The molecule has 1 heterocycles. The van der Waals surface area contributed by atoms with Crippen LogP contribution in [0.1, 0.15) is 6.42 Å². The Hall–Kier alpha value is -0.740. The molecule has 0 amide bonds. The van der Waals surface area contributed by atoms with E-state index in [0.29, 0.717) is 0 Å². The highest BCUT2D eigenvalue weighted by Gasteiger charge is 2.27. The van der Waals surface area contributed by atoms with E-state index in [-0.39, 0.29) is 34.8 Å². The quantitative estimate of drug-likeness (QED) is 0.655. The van der Waals surface area contributed by atoms with Crippen molar-refractivity contribution in [1.82, 2.24) is 9.29 Å². The van der Waals surface area contributed by atoms with Gasteiger partial charge in [0, 0.05) is 20.2 Å². The molecule has 0 bridgehead atoms. The number of halogens is 1. The van der Waals surface area contributed by atoms with Crippen molar-refractivity contribution in [2.24, 2.45) is 0 Å². The van der Waals surface area contributed by atoms with Crippen LogP contribution in [0, 0.1) is 0 Å². The largest absolute Gasteiger partial charge is 0.469 e. The van der Waals surface area contributed by atoms with E-state index in [1.54, 1.807) is 0 Å². The summed E-state index contributed by atoms with van der Waals surface area (Å²) in [6.07, 6.45) is 1.16. The Balaban J connectivity index is 2.88. The predicted molar refractivity (Wildman–Crippen MR) is 74.4 cm³/mol. The second kappa shape index (κ2) is 7.89. The minimum Gasteiger partial charge on any atom is -0.469 e. The molecule has 0 aromatic carbocycles. The van der Waals surface area contributed by atoms with Gasteiger partial charge in [0.2, 0.25) is 0 Å². The average Bonchev–Trinajstić information content (AvgIpc) is 2.85. The van der Waals surface area contributed by atoms with Crippen LogP contribution < -0.4 is 0 Å². The number of nitrogens with zero attached hydrogens (tertiary/aromatic N) is 2. The summed E-state index contributed by atoms with van der Waals surface area (Å²) in [5.41, 5.74) is 0. The second-order valence-corrected chi connectivity index (χ2v) is 7.43. The van der Waals surface area contributed by atoms with Gasteiger partial charge in [0.15, 0.2) is 8.68 Å². The summed E-state index contributed by atoms with van der Waals surface area (Å²) in [5.74, 6) is -0.482. The molecule has 0 atom stereocenters. The lowest BCUT2D eigenvalue weighted by Gasteiger charge is -2.20. The molecular weight excluding hydrogens is 328 g/mol. The van der Waals surface area contributed by atoms with Gasteiger partial charge in [0.25, 0.3) is 10.0 Å². The molecule has 7 nitrogen and oxygen atoms in total. The zero-order valence-electron chi connectivity index (χ0n) is 11.0. The van der Waals surface area contributed by atoms with Gasteiger partial charge in [0.1, 0.15) is 0 Å². The average molecular weight is 343 g/mol. The Bertz CT molecular complexity index is 546. The molecular formula is C10H15ClN2O5S2. The lowest BCUT2D eigenvalue weighted by atomic mass is 10.4. The van der Waals surface area contributed by atoms with Crippen molar-refractivity contribution in [2.45, 2.75) is 10.6 Å². The smallest absolute Gasteiger partial charge is 0.306 e. The minimum absolute atomic E-state index is 0.00782. The number of thiazole rings is 1. The number of rotatable bonds is 8. The van der Waals surface area contributed by atoms with E-state index in [1.165, 1.54) is 20.4 Å². The highest BCUT2D eigenvalue weighted by Crippen LogP contribution is 2.25. The Labute approximate surface area is 126 Å². The van der Waals surface area contributed by atoms with Gasteiger partial charge < -0.3 is 9.47 Å². The number of sulfonamides is 1. The van der Waals surface area contributed by atoms with Crippen molar-refractivity contribution in [3.05, 3.63) is 10.7 Å². The van der Waals surface area contributed by atoms with E-state index in [9.17, 15) is 13.2 Å².